The van der Waals surface area contributed by atoms with Gasteiger partial charge in [0.15, 0.2) is 11.0 Å². The van der Waals surface area contributed by atoms with Gasteiger partial charge in [-0.1, -0.05) is 115 Å². The van der Waals surface area contributed by atoms with E-state index in [4.69, 9.17) is 10.8 Å². The molecule has 0 bridgehead atoms. The fourth-order valence-corrected chi connectivity index (χ4v) is 4.81. The highest BCUT2D eigenvalue weighted by atomic mass is 16.3. The number of terminal acetylenes is 1. The van der Waals surface area contributed by atoms with Gasteiger partial charge in [-0.2, -0.15) is 0 Å². The van der Waals surface area contributed by atoms with Crippen molar-refractivity contribution in [2.24, 2.45) is 5.18 Å². The van der Waals surface area contributed by atoms with E-state index in [0.717, 1.165) is 32.9 Å². The average Bonchev–Trinajstić information content (AvgIpc) is 3.30. The van der Waals surface area contributed by atoms with Gasteiger partial charge in [-0.25, -0.2) is 0 Å². The smallest absolute Gasteiger partial charge is 0.178 e. The van der Waals surface area contributed by atoms with Crippen LogP contribution in [0.4, 0.5) is 0 Å². The summed E-state index contributed by atoms with van der Waals surface area (Å²) in [7, 11) is 0. The number of nitrogens with zero attached hydrogens (tertiary/aromatic N) is 1. The van der Waals surface area contributed by atoms with Gasteiger partial charge < -0.3 is 4.42 Å². The lowest BCUT2D eigenvalue weighted by atomic mass is 9.75. The molecule has 1 aromatic heterocycles. The fourth-order valence-electron chi connectivity index (χ4n) is 4.81. The van der Waals surface area contributed by atoms with Crippen molar-refractivity contribution in [1.82, 2.24) is 0 Å². The van der Waals surface area contributed by atoms with Crippen LogP contribution in [0.1, 0.15) is 29.2 Å². The van der Waals surface area contributed by atoms with Crippen molar-refractivity contribution in [3.8, 4) is 12.3 Å². The van der Waals surface area contributed by atoms with Crippen LogP contribution in [0.3, 0.4) is 0 Å². The van der Waals surface area contributed by atoms with Crippen LogP contribution in [0.15, 0.2) is 119 Å². The number of fused-ring (bicyclic) bond motifs is 1. The van der Waals surface area contributed by atoms with Crippen molar-refractivity contribution < 1.29 is 4.42 Å². The molecule has 0 fully saturated rings. The Morgan fingerprint density at radius 3 is 2.00 bits per heavy atom. The van der Waals surface area contributed by atoms with Crippen LogP contribution in [0.2, 0.25) is 0 Å². The predicted molar refractivity (Wildman–Crippen MR) is 142 cm³/mol. The predicted octanol–water partition coefficient (Wildman–Crippen LogP) is 6.12. The monoisotopic (exact) mass is 453 g/mol. The van der Waals surface area contributed by atoms with Gasteiger partial charge in [0.05, 0.1) is 5.57 Å². The summed E-state index contributed by atoms with van der Waals surface area (Å²) in [6, 6.07) is 34.7. The van der Waals surface area contributed by atoms with Crippen LogP contribution in [-0.4, -0.2) is 0 Å². The van der Waals surface area contributed by atoms with Crippen LogP contribution in [-0.2, 0) is 5.54 Å². The third-order valence-electron chi connectivity index (χ3n) is 6.40. The van der Waals surface area contributed by atoms with Crippen molar-refractivity contribution in [3.05, 3.63) is 147 Å². The molecule has 0 atom stereocenters. The van der Waals surface area contributed by atoms with Crippen LogP contribution in [0, 0.1) is 17.3 Å². The lowest BCUT2D eigenvalue weighted by molar-refractivity contribution is 0.573. The third kappa shape index (κ3) is 3.57. The largest absolute Gasteiger partial charge is 0.455 e. The molecule has 0 unspecified atom stereocenters. The molecule has 1 heterocycles. The Balaban J connectivity index is 1.93. The topological polar surface area (TPSA) is 42.6 Å². The molecule has 0 amide bonds. The van der Waals surface area contributed by atoms with Crippen molar-refractivity contribution in [2.75, 3.05) is 0 Å². The Kier molecular flexibility index (Phi) is 5.87. The summed E-state index contributed by atoms with van der Waals surface area (Å²) in [4.78, 5) is 13.0. The third-order valence-corrected chi connectivity index (χ3v) is 6.40. The first-order valence-electron chi connectivity index (χ1n) is 11.4. The minimum Gasteiger partial charge on any atom is -0.455 e. The van der Waals surface area contributed by atoms with Crippen molar-refractivity contribution in [1.29, 1.82) is 0 Å². The Labute approximate surface area is 204 Å². The van der Waals surface area contributed by atoms with E-state index in [1.165, 1.54) is 0 Å². The number of benzene rings is 4. The summed E-state index contributed by atoms with van der Waals surface area (Å²) in [5.41, 5.74) is 3.57. The van der Waals surface area contributed by atoms with Gasteiger partial charge >= 0.3 is 0 Å². The molecule has 3 heteroatoms. The second-order valence-electron chi connectivity index (χ2n) is 8.23. The molecular weight excluding hydrogens is 430 g/mol. The summed E-state index contributed by atoms with van der Waals surface area (Å²) < 4.78 is 6.29. The molecule has 0 N–H and O–H groups in total. The van der Waals surface area contributed by atoms with Crippen molar-refractivity contribution in [3.63, 3.8) is 0 Å². The molecule has 4 aromatic carbocycles. The maximum atomic E-state index is 13.0. The number of rotatable bonds is 5. The number of hydrogen-bond donors (Lipinski definition) is 0. The maximum Gasteiger partial charge on any atom is 0.178 e. The van der Waals surface area contributed by atoms with Gasteiger partial charge in [-0.3, -0.25) is 0 Å². The summed E-state index contributed by atoms with van der Waals surface area (Å²) in [6.07, 6.45) is 8.14. The van der Waals surface area contributed by atoms with Gasteiger partial charge in [0.25, 0.3) is 0 Å². The molecule has 35 heavy (non-hydrogen) atoms. The zero-order valence-corrected chi connectivity index (χ0v) is 19.3. The van der Waals surface area contributed by atoms with E-state index in [9.17, 15) is 4.91 Å². The molecule has 0 aliphatic carbocycles. The standard InChI is InChI=1S/C32H23NO2/c1-3-25(31-26(4-2)28-20-12-14-22-30(28)35-31)27-19-11-13-21-29(27)32(33-34,23-15-7-5-8-16-23)24-17-9-6-10-18-24/h1,4-22H,2H3/b26-4-,31-25-. The van der Waals surface area contributed by atoms with Crippen molar-refractivity contribution in [2.45, 2.75) is 12.5 Å². The highest BCUT2D eigenvalue weighted by Gasteiger charge is 2.40. The molecule has 0 aliphatic heterocycles. The highest BCUT2D eigenvalue weighted by molar-refractivity contribution is 5.85. The lowest BCUT2D eigenvalue weighted by Gasteiger charge is -2.30. The minimum absolute atomic E-state index is 0.574. The van der Waals surface area contributed by atoms with E-state index in [-0.39, 0.29) is 0 Å². The molecule has 0 spiro atoms. The first-order chi connectivity index (χ1) is 17.2. The Hall–Kier alpha value is -4.68. The number of para-hydroxylation sites is 1. The van der Waals surface area contributed by atoms with Gasteiger partial charge in [-0.15, -0.1) is 11.3 Å². The molecule has 5 aromatic rings. The zero-order chi connectivity index (χ0) is 24.3. The lowest BCUT2D eigenvalue weighted by Crippen LogP contribution is -2.29. The van der Waals surface area contributed by atoms with Gasteiger partial charge in [-0.05, 0) is 29.3 Å². The van der Waals surface area contributed by atoms with Crippen LogP contribution in [0.5, 0.6) is 0 Å². The van der Waals surface area contributed by atoms with Crippen LogP contribution < -0.4 is 10.6 Å². The van der Waals surface area contributed by atoms with E-state index in [0.29, 0.717) is 16.6 Å². The average molecular weight is 454 g/mol. The number of hydrogen-bond acceptors (Lipinski definition) is 3. The molecule has 5 rings (SSSR count). The second kappa shape index (κ2) is 9.29. The number of furan rings is 1. The van der Waals surface area contributed by atoms with E-state index >= 15 is 0 Å². The van der Waals surface area contributed by atoms with Crippen LogP contribution >= 0.6 is 0 Å². The first kappa shape index (κ1) is 22.1. The zero-order valence-electron chi connectivity index (χ0n) is 19.3. The molecule has 0 radical (unpaired) electrons. The summed E-state index contributed by atoms with van der Waals surface area (Å²) >= 11 is 0. The first-order valence-corrected chi connectivity index (χ1v) is 11.4. The van der Waals surface area contributed by atoms with Gasteiger partial charge in [0, 0.05) is 21.7 Å². The van der Waals surface area contributed by atoms with Crippen molar-refractivity contribution >= 4 is 22.6 Å². The Morgan fingerprint density at radius 2 is 1.40 bits per heavy atom. The summed E-state index contributed by atoms with van der Waals surface area (Å²) in [5.74, 6) is 2.87. The van der Waals surface area contributed by atoms with E-state index in [1.54, 1.807) is 0 Å². The normalized spacial score (nSPS) is 12.9. The highest BCUT2D eigenvalue weighted by Crippen LogP contribution is 2.43. The fraction of sp³-hybridized carbons (Fsp3) is 0.0625. The Morgan fingerprint density at radius 1 is 0.829 bits per heavy atom. The number of nitroso groups, excluding NO2 is 1. The molecule has 3 nitrogen and oxygen atoms in total. The molecule has 168 valence electrons. The molecule has 0 saturated carbocycles. The molecular formula is C32H23NO2. The van der Waals surface area contributed by atoms with Crippen LogP contribution in [0.25, 0.3) is 22.6 Å². The molecule has 0 aliphatic rings. The SMILES string of the molecule is C#C/C(c1ccccc1C(N=O)(c1ccccc1)c1ccccc1)=c1/oc2ccccc2/c1=C/C. The van der Waals surface area contributed by atoms with E-state index in [2.05, 4.69) is 11.1 Å². The minimum atomic E-state index is -1.30. The van der Waals surface area contributed by atoms with E-state index < -0.39 is 5.54 Å². The quantitative estimate of drug-likeness (QED) is 0.183. The summed E-state index contributed by atoms with van der Waals surface area (Å²) in [5, 5.41) is 5.73. The van der Waals surface area contributed by atoms with Gasteiger partial charge in [0.2, 0.25) is 0 Å². The van der Waals surface area contributed by atoms with E-state index in [1.807, 2.05) is 122 Å². The maximum absolute atomic E-state index is 13.0. The Bertz CT molecular complexity index is 1630. The van der Waals surface area contributed by atoms with Gasteiger partial charge in [0.1, 0.15) is 5.58 Å². The molecule has 0 saturated heterocycles. The summed E-state index contributed by atoms with van der Waals surface area (Å²) in [6.45, 7) is 1.96. The second-order valence-corrected chi connectivity index (χ2v) is 8.23.